The van der Waals surface area contributed by atoms with Crippen LogP contribution in [0.5, 0.6) is 0 Å². The van der Waals surface area contributed by atoms with Gasteiger partial charge >= 0.3 is 5.97 Å². The molecule has 1 atom stereocenters. The molecule has 0 aromatic rings. The molecule has 1 unspecified atom stereocenters. The van der Waals surface area contributed by atoms with Crippen LogP contribution in [-0.4, -0.2) is 12.6 Å². The van der Waals surface area contributed by atoms with Gasteiger partial charge in [-0.15, -0.1) is 0 Å². The summed E-state index contributed by atoms with van der Waals surface area (Å²) in [7, 11) is 0. The molecule has 2 heteroatoms. The third kappa shape index (κ3) is 4.12. The van der Waals surface area contributed by atoms with Crippen molar-refractivity contribution in [3.8, 4) is 0 Å². The summed E-state index contributed by atoms with van der Waals surface area (Å²) >= 11 is 0. The van der Waals surface area contributed by atoms with E-state index in [9.17, 15) is 4.79 Å². The summed E-state index contributed by atoms with van der Waals surface area (Å²) in [6, 6.07) is 0. The van der Waals surface area contributed by atoms with E-state index >= 15 is 0 Å². The van der Waals surface area contributed by atoms with Gasteiger partial charge in [0.05, 0.1) is 6.61 Å². The summed E-state index contributed by atoms with van der Waals surface area (Å²) in [5.41, 5.74) is 0.499. The number of ether oxygens (including phenoxy) is 1. The van der Waals surface area contributed by atoms with Crippen LogP contribution in [0.25, 0.3) is 0 Å². The number of rotatable bonds is 3. The molecular formula is C12H22O2. The van der Waals surface area contributed by atoms with E-state index in [4.69, 9.17) is 4.74 Å². The maximum atomic E-state index is 10.6. The third-order valence-electron chi connectivity index (χ3n) is 3.14. The molecule has 1 aliphatic carbocycles. The fourth-order valence-corrected chi connectivity index (χ4v) is 2.47. The molecule has 0 bridgehead atoms. The van der Waals surface area contributed by atoms with Crippen molar-refractivity contribution in [3.63, 3.8) is 0 Å². The topological polar surface area (TPSA) is 26.3 Å². The van der Waals surface area contributed by atoms with Crippen LogP contribution in [0.2, 0.25) is 0 Å². The van der Waals surface area contributed by atoms with E-state index in [-0.39, 0.29) is 5.97 Å². The smallest absolute Gasteiger partial charge is 0.302 e. The molecule has 0 heterocycles. The highest BCUT2D eigenvalue weighted by Gasteiger charge is 2.27. The zero-order valence-corrected chi connectivity index (χ0v) is 9.64. The number of esters is 1. The fourth-order valence-electron chi connectivity index (χ4n) is 2.47. The first-order chi connectivity index (χ1) is 6.49. The lowest BCUT2D eigenvalue weighted by Crippen LogP contribution is -2.23. The van der Waals surface area contributed by atoms with Crippen LogP contribution in [0, 0.1) is 11.3 Å². The Kier molecular flexibility index (Phi) is 3.97. The summed E-state index contributed by atoms with van der Waals surface area (Å²) in [5, 5.41) is 0. The van der Waals surface area contributed by atoms with Gasteiger partial charge < -0.3 is 4.74 Å². The van der Waals surface area contributed by atoms with Gasteiger partial charge in [-0.25, -0.2) is 0 Å². The minimum Gasteiger partial charge on any atom is -0.466 e. The highest BCUT2D eigenvalue weighted by Crippen LogP contribution is 2.39. The molecule has 1 fully saturated rings. The van der Waals surface area contributed by atoms with E-state index < -0.39 is 0 Å². The van der Waals surface area contributed by atoms with Gasteiger partial charge in [-0.2, -0.15) is 0 Å². The molecule has 0 aromatic carbocycles. The average Bonchev–Trinajstić information content (AvgIpc) is 2.01. The molecule has 0 saturated heterocycles. The summed E-state index contributed by atoms with van der Waals surface area (Å²) in [6.45, 7) is 6.76. The normalized spacial score (nSPS) is 25.8. The van der Waals surface area contributed by atoms with Crippen LogP contribution in [0.15, 0.2) is 0 Å². The highest BCUT2D eigenvalue weighted by molar-refractivity contribution is 5.65. The number of carbonyl (C=O) groups is 1. The van der Waals surface area contributed by atoms with Gasteiger partial charge in [0.2, 0.25) is 0 Å². The van der Waals surface area contributed by atoms with E-state index in [1.54, 1.807) is 0 Å². The van der Waals surface area contributed by atoms with Crippen molar-refractivity contribution in [2.24, 2.45) is 11.3 Å². The van der Waals surface area contributed by atoms with Gasteiger partial charge in [0, 0.05) is 6.92 Å². The van der Waals surface area contributed by atoms with Crippen LogP contribution in [-0.2, 0) is 9.53 Å². The molecule has 1 rings (SSSR count). The lowest BCUT2D eigenvalue weighted by atomic mass is 9.71. The Balaban J connectivity index is 2.21. The van der Waals surface area contributed by atoms with Crippen LogP contribution in [0.3, 0.4) is 0 Å². The van der Waals surface area contributed by atoms with Gasteiger partial charge in [-0.05, 0) is 30.6 Å². The molecule has 0 aromatic heterocycles. The Hall–Kier alpha value is -0.530. The number of hydrogen-bond acceptors (Lipinski definition) is 2. The third-order valence-corrected chi connectivity index (χ3v) is 3.14. The van der Waals surface area contributed by atoms with Crippen molar-refractivity contribution in [2.45, 2.75) is 52.9 Å². The maximum Gasteiger partial charge on any atom is 0.302 e. The van der Waals surface area contributed by atoms with Crippen molar-refractivity contribution >= 4 is 5.97 Å². The van der Waals surface area contributed by atoms with Crippen molar-refractivity contribution in [1.29, 1.82) is 0 Å². The molecule has 0 aliphatic heterocycles. The SMILES string of the molecule is CC(=O)OCCC1CCCC(C)(C)C1. The molecule has 0 spiro atoms. The second-order valence-electron chi connectivity index (χ2n) is 5.26. The van der Waals surface area contributed by atoms with E-state index in [1.165, 1.54) is 32.6 Å². The maximum absolute atomic E-state index is 10.6. The first-order valence-corrected chi connectivity index (χ1v) is 5.63. The van der Waals surface area contributed by atoms with Gasteiger partial charge in [0.25, 0.3) is 0 Å². The van der Waals surface area contributed by atoms with Crippen molar-refractivity contribution in [1.82, 2.24) is 0 Å². The van der Waals surface area contributed by atoms with E-state index in [0.717, 1.165) is 12.3 Å². The Morgan fingerprint density at radius 3 is 2.79 bits per heavy atom. The first kappa shape index (κ1) is 11.5. The summed E-state index contributed by atoms with van der Waals surface area (Å²) < 4.78 is 4.97. The molecule has 0 radical (unpaired) electrons. The number of hydrogen-bond donors (Lipinski definition) is 0. The lowest BCUT2D eigenvalue weighted by molar-refractivity contribution is -0.141. The van der Waals surface area contributed by atoms with Gasteiger partial charge in [0.15, 0.2) is 0 Å². The van der Waals surface area contributed by atoms with E-state index in [1.807, 2.05) is 0 Å². The fraction of sp³-hybridized carbons (Fsp3) is 0.917. The summed E-state index contributed by atoms with van der Waals surface area (Å²) in [5.74, 6) is 0.609. The Bertz CT molecular complexity index is 196. The quantitative estimate of drug-likeness (QED) is 0.651. The first-order valence-electron chi connectivity index (χ1n) is 5.63. The van der Waals surface area contributed by atoms with E-state index in [2.05, 4.69) is 13.8 Å². The largest absolute Gasteiger partial charge is 0.466 e. The summed E-state index contributed by atoms with van der Waals surface area (Å²) in [4.78, 5) is 10.6. The van der Waals surface area contributed by atoms with Gasteiger partial charge in [0.1, 0.15) is 0 Å². The van der Waals surface area contributed by atoms with Crippen molar-refractivity contribution in [3.05, 3.63) is 0 Å². The zero-order valence-electron chi connectivity index (χ0n) is 9.64. The monoisotopic (exact) mass is 198 g/mol. The van der Waals surface area contributed by atoms with Gasteiger partial charge in [-0.3, -0.25) is 4.79 Å². The average molecular weight is 198 g/mol. The summed E-state index contributed by atoms with van der Waals surface area (Å²) in [6.07, 6.45) is 6.32. The van der Waals surface area contributed by atoms with Crippen LogP contribution < -0.4 is 0 Å². The Morgan fingerprint density at radius 2 is 2.21 bits per heavy atom. The lowest BCUT2D eigenvalue weighted by Gasteiger charge is -2.35. The second-order valence-corrected chi connectivity index (χ2v) is 5.26. The molecule has 2 nitrogen and oxygen atoms in total. The molecule has 0 amide bonds. The Labute approximate surface area is 87.0 Å². The molecular weight excluding hydrogens is 176 g/mol. The van der Waals surface area contributed by atoms with Crippen LogP contribution >= 0.6 is 0 Å². The minimum absolute atomic E-state index is 0.153. The molecule has 0 N–H and O–H groups in total. The van der Waals surface area contributed by atoms with Crippen molar-refractivity contribution in [2.75, 3.05) is 6.61 Å². The Morgan fingerprint density at radius 1 is 1.50 bits per heavy atom. The molecule has 14 heavy (non-hydrogen) atoms. The van der Waals surface area contributed by atoms with Gasteiger partial charge in [-0.1, -0.05) is 26.7 Å². The van der Waals surface area contributed by atoms with E-state index in [0.29, 0.717) is 12.0 Å². The predicted octanol–water partition coefficient (Wildman–Crippen LogP) is 3.16. The molecule has 1 aliphatic rings. The number of carbonyl (C=O) groups excluding carboxylic acids is 1. The zero-order chi connectivity index (χ0) is 10.6. The minimum atomic E-state index is -0.153. The molecule has 82 valence electrons. The van der Waals surface area contributed by atoms with Crippen LogP contribution in [0.1, 0.15) is 52.9 Å². The standard InChI is InChI=1S/C12H22O2/c1-10(13)14-8-6-11-5-4-7-12(2,3)9-11/h11H,4-9H2,1-3H3. The second kappa shape index (κ2) is 4.81. The highest BCUT2D eigenvalue weighted by atomic mass is 16.5. The van der Waals surface area contributed by atoms with Crippen LogP contribution in [0.4, 0.5) is 0 Å². The predicted molar refractivity (Wildman–Crippen MR) is 57.0 cm³/mol. The molecule has 1 saturated carbocycles. The van der Waals surface area contributed by atoms with Crippen molar-refractivity contribution < 1.29 is 9.53 Å².